The summed E-state index contributed by atoms with van der Waals surface area (Å²) in [6.45, 7) is 5.82. The molecule has 0 saturated heterocycles. The molecular formula is C25H23ClF2N2O2. The van der Waals surface area contributed by atoms with Gasteiger partial charge in [0.25, 0.3) is 5.91 Å². The molecule has 1 unspecified atom stereocenters. The number of ketones is 1. The van der Waals surface area contributed by atoms with Gasteiger partial charge in [0.1, 0.15) is 11.6 Å². The van der Waals surface area contributed by atoms with Crippen molar-refractivity contribution >= 4 is 29.0 Å². The molecule has 1 aliphatic carbocycles. The summed E-state index contributed by atoms with van der Waals surface area (Å²) in [5.41, 5.74) is 2.53. The molecule has 2 aromatic rings. The van der Waals surface area contributed by atoms with Gasteiger partial charge in [-0.25, -0.2) is 8.78 Å². The van der Waals surface area contributed by atoms with Crippen molar-refractivity contribution in [2.75, 3.05) is 5.32 Å². The van der Waals surface area contributed by atoms with E-state index in [2.05, 4.69) is 10.6 Å². The van der Waals surface area contributed by atoms with Crippen LogP contribution in [0, 0.1) is 17.0 Å². The van der Waals surface area contributed by atoms with E-state index in [1.165, 1.54) is 6.07 Å². The molecule has 4 nitrogen and oxygen atoms in total. The van der Waals surface area contributed by atoms with Crippen LogP contribution in [0.4, 0.5) is 14.5 Å². The molecule has 7 heteroatoms. The lowest BCUT2D eigenvalue weighted by atomic mass is 9.68. The van der Waals surface area contributed by atoms with E-state index < -0.39 is 23.5 Å². The Hall–Kier alpha value is -2.99. The van der Waals surface area contributed by atoms with Crippen molar-refractivity contribution in [2.45, 2.75) is 39.5 Å². The van der Waals surface area contributed by atoms with Crippen molar-refractivity contribution in [3.63, 3.8) is 0 Å². The molecule has 0 fully saturated rings. The fraction of sp³-hybridized carbons (Fsp3) is 0.280. The fourth-order valence-corrected chi connectivity index (χ4v) is 4.74. The summed E-state index contributed by atoms with van der Waals surface area (Å²) in [5.74, 6) is -2.89. The molecule has 4 rings (SSSR count). The highest BCUT2D eigenvalue weighted by molar-refractivity contribution is 6.30. The average molecular weight is 457 g/mol. The van der Waals surface area contributed by atoms with Crippen molar-refractivity contribution < 1.29 is 18.4 Å². The third kappa shape index (κ3) is 4.19. The number of Topliss-reactive ketones (excluding diaryl/α,β-unsaturated/α-hetero) is 1. The van der Waals surface area contributed by atoms with Gasteiger partial charge in [-0.15, -0.1) is 0 Å². The molecule has 0 aromatic heterocycles. The number of amides is 1. The fourth-order valence-electron chi connectivity index (χ4n) is 4.54. The van der Waals surface area contributed by atoms with Crippen molar-refractivity contribution in [1.29, 1.82) is 0 Å². The van der Waals surface area contributed by atoms with E-state index in [0.717, 1.165) is 11.8 Å². The van der Waals surface area contributed by atoms with Crippen LogP contribution in [0.5, 0.6) is 0 Å². The highest BCUT2D eigenvalue weighted by Gasteiger charge is 2.42. The van der Waals surface area contributed by atoms with Gasteiger partial charge in [0.05, 0.1) is 5.69 Å². The van der Waals surface area contributed by atoms with Crippen molar-refractivity contribution in [2.24, 2.45) is 5.41 Å². The van der Waals surface area contributed by atoms with Gasteiger partial charge in [0.2, 0.25) is 0 Å². The molecule has 0 saturated carbocycles. The molecule has 1 aliphatic heterocycles. The minimum absolute atomic E-state index is 0.0421. The van der Waals surface area contributed by atoms with Crippen LogP contribution in [0.15, 0.2) is 65.0 Å². The van der Waals surface area contributed by atoms with Crippen LogP contribution in [0.1, 0.15) is 45.1 Å². The highest BCUT2D eigenvalue weighted by Crippen LogP contribution is 2.47. The molecule has 2 aromatic carbocycles. The van der Waals surface area contributed by atoms with Crippen LogP contribution in [0.3, 0.4) is 0 Å². The Morgan fingerprint density at radius 3 is 2.59 bits per heavy atom. The number of carbonyl (C=O) groups is 2. The van der Waals surface area contributed by atoms with Gasteiger partial charge in [-0.05, 0) is 48.6 Å². The Bertz CT molecular complexity index is 1200. The molecular weight excluding hydrogens is 434 g/mol. The largest absolute Gasteiger partial charge is 0.362 e. The van der Waals surface area contributed by atoms with Gasteiger partial charge >= 0.3 is 0 Å². The van der Waals surface area contributed by atoms with E-state index in [4.69, 9.17) is 11.6 Å². The van der Waals surface area contributed by atoms with Crippen LogP contribution in [-0.2, 0) is 9.59 Å². The molecule has 0 spiro atoms. The Labute approximate surface area is 190 Å². The summed E-state index contributed by atoms with van der Waals surface area (Å²) in [7, 11) is 0. The summed E-state index contributed by atoms with van der Waals surface area (Å²) in [5, 5.41) is 6.26. The molecule has 0 radical (unpaired) electrons. The van der Waals surface area contributed by atoms with Gasteiger partial charge in [-0.2, -0.15) is 0 Å². The van der Waals surface area contributed by atoms with E-state index in [1.54, 1.807) is 25.1 Å². The topological polar surface area (TPSA) is 58.2 Å². The first-order valence-electron chi connectivity index (χ1n) is 10.3. The zero-order chi connectivity index (χ0) is 23.2. The number of halogens is 3. The highest BCUT2D eigenvalue weighted by atomic mass is 35.5. The summed E-state index contributed by atoms with van der Waals surface area (Å²) >= 11 is 6.23. The zero-order valence-electron chi connectivity index (χ0n) is 18.0. The number of carbonyl (C=O) groups excluding carboxylic acids is 2. The average Bonchev–Trinajstić information content (AvgIpc) is 2.68. The minimum atomic E-state index is -0.880. The van der Waals surface area contributed by atoms with Crippen molar-refractivity contribution in [3.05, 3.63) is 87.2 Å². The first-order valence-corrected chi connectivity index (χ1v) is 10.7. The Morgan fingerprint density at radius 2 is 1.91 bits per heavy atom. The Kier molecular flexibility index (Phi) is 5.67. The first-order chi connectivity index (χ1) is 15.1. The smallest absolute Gasteiger partial charge is 0.254 e. The molecule has 1 atom stereocenters. The summed E-state index contributed by atoms with van der Waals surface area (Å²) < 4.78 is 27.5. The second kappa shape index (κ2) is 8.17. The minimum Gasteiger partial charge on any atom is -0.362 e. The van der Waals surface area contributed by atoms with Crippen LogP contribution in [0.2, 0.25) is 5.02 Å². The van der Waals surface area contributed by atoms with Crippen molar-refractivity contribution in [3.8, 4) is 0 Å². The molecule has 2 N–H and O–H groups in total. The van der Waals surface area contributed by atoms with Crippen LogP contribution < -0.4 is 10.6 Å². The number of dihydropyridines is 1. The first kappa shape index (κ1) is 22.2. The van der Waals surface area contributed by atoms with Crippen molar-refractivity contribution in [1.82, 2.24) is 5.32 Å². The number of allylic oxidation sites excluding steroid dienone is 3. The van der Waals surface area contributed by atoms with E-state index in [-0.39, 0.29) is 16.9 Å². The maximum absolute atomic E-state index is 14.2. The number of nitrogens with one attached hydrogen (secondary N) is 2. The van der Waals surface area contributed by atoms with Gasteiger partial charge in [0.15, 0.2) is 5.78 Å². The quantitative estimate of drug-likeness (QED) is 0.608. The van der Waals surface area contributed by atoms with E-state index in [0.29, 0.717) is 46.3 Å². The number of benzene rings is 2. The maximum Gasteiger partial charge on any atom is 0.254 e. The van der Waals surface area contributed by atoms with Crippen LogP contribution >= 0.6 is 11.6 Å². The lowest BCUT2D eigenvalue weighted by Gasteiger charge is -2.39. The lowest BCUT2D eigenvalue weighted by molar-refractivity contribution is -0.118. The molecule has 2 aliphatic rings. The Balaban J connectivity index is 1.81. The van der Waals surface area contributed by atoms with Gasteiger partial charge in [0, 0.05) is 46.0 Å². The van der Waals surface area contributed by atoms with Gasteiger partial charge < -0.3 is 10.6 Å². The van der Waals surface area contributed by atoms with E-state index in [1.807, 2.05) is 19.9 Å². The number of hydrogen-bond acceptors (Lipinski definition) is 3. The zero-order valence-corrected chi connectivity index (χ0v) is 18.7. The molecule has 0 bridgehead atoms. The second-order valence-corrected chi connectivity index (χ2v) is 9.50. The van der Waals surface area contributed by atoms with E-state index >= 15 is 0 Å². The molecule has 32 heavy (non-hydrogen) atoms. The Morgan fingerprint density at radius 1 is 1.16 bits per heavy atom. The third-order valence-electron chi connectivity index (χ3n) is 5.85. The van der Waals surface area contributed by atoms with Crippen LogP contribution in [0.25, 0.3) is 0 Å². The summed E-state index contributed by atoms with van der Waals surface area (Å²) in [6, 6.07) is 9.98. The number of hydrogen-bond donors (Lipinski definition) is 2. The van der Waals surface area contributed by atoms with Crippen LogP contribution in [-0.4, -0.2) is 11.7 Å². The normalized spacial score (nSPS) is 20.1. The second-order valence-electron chi connectivity index (χ2n) is 9.06. The predicted octanol–water partition coefficient (Wildman–Crippen LogP) is 5.86. The number of anilines is 1. The molecule has 1 heterocycles. The monoisotopic (exact) mass is 456 g/mol. The number of rotatable bonds is 3. The third-order valence-corrected chi connectivity index (χ3v) is 6.08. The maximum atomic E-state index is 14.2. The van der Waals surface area contributed by atoms with E-state index in [9.17, 15) is 18.4 Å². The SMILES string of the molecule is CC1=C(C(=O)Nc2ccc(F)cc2F)C(c2cccc(Cl)c2)C2=C(CC(C)(C)CC2=O)N1. The standard InChI is InChI=1S/C25H23ClF2N2O2/c1-13-21(24(32)30-18-8-7-16(27)10-17(18)28)22(14-5-4-6-15(26)9-14)23-19(29-13)11-25(2,3)12-20(23)31/h4-10,22,29H,11-12H2,1-3H3,(H,30,32). The molecule has 1 amide bonds. The molecule has 166 valence electrons. The van der Waals surface area contributed by atoms with Gasteiger partial charge in [-0.3, -0.25) is 9.59 Å². The summed E-state index contributed by atoms with van der Waals surface area (Å²) in [4.78, 5) is 26.6. The summed E-state index contributed by atoms with van der Waals surface area (Å²) in [6.07, 6.45) is 1.01. The lowest BCUT2D eigenvalue weighted by Crippen LogP contribution is -2.39. The van der Waals surface area contributed by atoms with Gasteiger partial charge in [-0.1, -0.05) is 37.6 Å². The predicted molar refractivity (Wildman–Crippen MR) is 120 cm³/mol.